The summed E-state index contributed by atoms with van der Waals surface area (Å²) in [4.78, 5) is 64.7. The molecule has 3 rings (SSSR count). The first-order valence-corrected chi connectivity index (χ1v) is 8.42. The molecule has 10 heteroatoms. The maximum Gasteiger partial charge on any atom is 0.403 e. The van der Waals surface area contributed by atoms with Crippen LogP contribution in [0.3, 0.4) is 0 Å². The summed E-state index contributed by atoms with van der Waals surface area (Å²) in [6.07, 6.45) is -0.231. The van der Waals surface area contributed by atoms with Gasteiger partial charge in [0, 0.05) is 18.9 Å². The molecule has 1 fully saturated rings. The van der Waals surface area contributed by atoms with Crippen molar-refractivity contribution in [3.8, 4) is 5.75 Å². The van der Waals surface area contributed by atoms with Crippen LogP contribution in [0.5, 0.6) is 5.75 Å². The highest BCUT2D eigenvalue weighted by Gasteiger charge is 2.35. The third-order valence-electron chi connectivity index (χ3n) is 3.88. The molecule has 150 valence electrons. The highest BCUT2D eigenvalue weighted by atomic mass is 16.7. The van der Waals surface area contributed by atoms with Gasteiger partial charge in [-0.15, -0.1) is 5.06 Å². The molecule has 1 aliphatic rings. The zero-order chi connectivity index (χ0) is 21.0. The number of esters is 1. The summed E-state index contributed by atoms with van der Waals surface area (Å²) >= 11 is 0. The zero-order valence-electron chi connectivity index (χ0n) is 15.2. The van der Waals surface area contributed by atoms with E-state index in [0.29, 0.717) is 5.56 Å². The van der Waals surface area contributed by atoms with Crippen molar-refractivity contribution in [3.63, 3.8) is 0 Å². The molecule has 2 amide bonds. The van der Waals surface area contributed by atoms with Crippen molar-refractivity contribution in [2.24, 2.45) is 0 Å². The van der Waals surface area contributed by atoms with Crippen LogP contribution in [0.4, 0.5) is 0 Å². The Morgan fingerprint density at radius 2 is 1.69 bits per heavy atom. The number of amides is 2. The molecule has 0 aliphatic carbocycles. The molecule has 29 heavy (non-hydrogen) atoms. The number of benzene rings is 1. The fraction of sp³-hybridized carbons (Fsp3) is 0.211. The lowest BCUT2D eigenvalue weighted by molar-refractivity contribution is -0.173. The largest absolute Gasteiger partial charge is 0.481 e. The molecule has 0 N–H and O–H groups in total. The van der Waals surface area contributed by atoms with Crippen LogP contribution in [-0.4, -0.2) is 35.9 Å². The van der Waals surface area contributed by atoms with Crippen LogP contribution in [0.1, 0.15) is 39.5 Å². The number of ether oxygens (including phenoxy) is 2. The standard InChI is InChI=1S/C19H15NO9/c1-26-18(24)13-9-12(21)16(27-10-11-5-3-2-4-6-11)17(28-13)19(25)29-20-14(22)7-8-15(20)23/h2-6,9H,7-8,10H2,1H3. The van der Waals surface area contributed by atoms with Crippen LogP contribution in [-0.2, 0) is 25.8 Å². The fourth-order valence-corrected chi connectivity index (χ4v) is 2.47. The van der Waals surface area contributed by atoms with E-state index in [4.69, 9.17) is 14.0 Å². The van der Waals surface area contributed by atoms with Crippen molar-refractivity contribution >= 4 is 23.8 Å². The summed E-state index contributed by atoms with van der Waals surface area (Å²) in [5.41, 5.74) is -0.160. The Hall–Kier alpha value is -3.95. The van der Waals surface area contributed by atoms with Gasteiger partial charge in [-0.3, -0.25) is 14.4 Å². The van der Waals surface area contributed by atoms with E-state index in [2.05, 4.69) is 4.74 Å². The molecule has 1 aliphatic heterocycles. The Morgan fingerprint density at radius 3 is 2.31 bits per heavy atom. The molecule has 0 spiro atoms. The van der Waals surface area contributed by atoms with Gasteiger partial charge in [-0.1, -0.05) is 30.3 Å². The number of hydrogen-bond acceptors (Lipinski definition) is 9. The third-order valence-corrected chi connectivity index (χ3v) is 3.88. The number of carbonyl (C=O) groups excluding carboxylic acids is 4. The second-order valence-corrected chi connectivity index (χ2v) is 5.86. The lowest BCUT2D eigenvalue weighted by Gasteiger charge is -2.14. The van der Waals surface area contributed by atoms with Gasteiger partial charge in [0.2, 0.25) is 16.9 Å². The molecular weight excluding hydrogens is 386 g/mol. The van der Waals surface area contributed by atoms with E-state index in [0.717, 1.165) is 13.2 Å². The number of imide groups is 1. The van der Waals surface area contributed by atoms with Gasteiger partial charge < -0.3 is 18.7 Å². The van der Waals surface area contributed by atoms with Gasteiger partial charge in [-0.25, -0.2) is 9.59 Å². The van der Waals surface area contributed by atoms with Gasteiger partial charge in [-0.2, -0.15) is 0 Å². The maximum atomic E-state index is 12.5. The first-order valence-electron chi connectivity index (χ1n) is 8.42. The Balaban J connectivity index is 1.94. The van der Waals surface area contributed by atoms with Crippen molar-refractivity contribution < 1.29 is 37.9 Å². The smallest absolute Gasteiger partial charge is 0.403 e. The second kappa shape index (κ2) is 8.38. The van der Waals surface area contributed by atoms with Gasteiger partial charge in [0.15, 0.2) is 0 Å². The maximum absolute atomic E-state index is 12.5. The Bertz CT molecular complexity index is 1010. The predicted molar refractivity (Wildman–Crippen MR) is 93.6 cm³/mol. The summed E-state index contributed by atoms with van der Waals surface area (Å²) in [5, 5.41) is 0.286. The number of carbonyl (C=O) groups is 4. The second-order valence-electron chi connectivity index (χ2n) is 5.86. The topological polar surface area (TPSA) is 129 Å². The highest BCUT2D eigenvalue weighted by molar-refractivity contribution is 6.02. The van der Waals surface area contributed by atoms with Crippen molar-refractivity contribution in [2.75, 3.05) is 7.11 Å². The molecule has 0 radical (unpaired) electrons. The van der Waals surface area contributed by atoms with E-state index in [1.807, 2.05) is 0 Å². The Morgan fingerprint density at radius 1 is 1.03 bits per heavy atom. The summed E-state index contributed by atoms with van der Waals surface area (Å²) < 4.78 is 15.0. The average Bonchev–Trinajstić information content (AvgIpc) is 3.04. The van der Waals surface area contributed by atoms with Gasteiger partial charge in [0.1, 0.15) is 6.61 Å². The van der Waals surface area contributed by atoms with Crippen LogP contribution in [0.15, 0.2) is 45.6 Å². The monoisotopic (exact) mass is 401 g/mol. The lowest BCUT2D eigenvalue weighted by Crippen LogP contribution is -2.32. The number of hydrogen-bond donors (Lipinski definition) is 0. The van der Waals surface area contributed by atoms with E-state index in [9.17, 15) is 24.0 Å². The molecule has 0 bridgehead atoms. The molecule has 0 saturated carbocycles. The van der Waals surface area contributed by atoms with Crippen molar-refractivity contribution in [1.29, 1.82) is 0 Å². The van der Waals surface area contributed by atoms with Crippen LogP contribution in [0, 0.1) is 0 Å². The summed E-state index contributed by atoms with van der Waals surface area (Å²) in [7, 11) is 1.06. The van der Waals surface area contributed by atoms with Crippen molar-refractivity contribution in [1.82, 2.24) is 5.06 Å². The van der Waals surface area contributed by atoms with Crippen LogP contribution < -0.4 is 10.2 Å². The minimum Gasteiger partial charge on any atom is -0.481 e. The molecule has 1 aromatic carbocycles. The van der Waals surface area contributed by atoms with Crippen LogP contribution in [0.25, 0.3) is 0 Å². The number of nitrogens with zero attached hydrogens (tertiary/aromatic N) is 1. The molecule has 1 aromatic heterocycles. The van der Waals surface area contributed by atoms with Crippen LogP contribution >= 0.6 is 0 Å². The SMILES string of the molecule is COC(=O)c1cc(=O)c(OCc2ccccc2)c(C(=O)ON2C(=O)CCC2=O)o1. The number of methoxy groups -OCH3 is 1. The first kappa shape index (κ1) is 19.8. The molecule has 0 unspecified atom stereocenters. The van der Waals surface area contributed by atoms with Crippen molar-refractivity contribution in [3.05, 3.63) is 63.7 Å². The summed E-state index contributed by atoms with van der Waals surface area (Å²) in [5.74, 6) is -5.69. The fourth-order valence-electron chi connectivity index (χ4n) is 2.47. The van der Waals surface area contributed by atoms with Gasteiger partial charge in [0.25, 0.3) is 17.6 Å². The quantitative estimate of drug-likeness (QED) is 0.518. The molecule has 2 heterocycles. The van der Waals surface area contributed by atoms with Gasteiger partial charge in [-0.05, 0) is 5.56 Å². The van der Waals surface area contributed by atoms with E-state index in [1.165, 1.54) is 0 Å². The zero-order valence-corrected chi connectivity index (χ0v) is 15.2. The van der Waals surface area contributed by atoms with E-state index in [-0.39, 0.29) is 24.5 Å². The molecule has 0 atom stereocenters. The average molecular weight is 401 g/mol. The molecular formula is C19H15NO9. The normalized spacial score (nSPS) is 13.3. The van der Waals surface area contributed by atoms with Crippen molar-refractivity contribution in [2.45, 2.75) is 19.4 Å². The molecule has 2 aromatic rings. The first-order chi connectivity index (χ1) is 13.9. The minimum absolute atomic E-state index is 0.0922. The van der Waals surface area contributed by atoms with E-state index < -0.39 is 46.5 Å². The minimum atomic E-state index is -1.35. The highest BCUT2D eigenvalue weighted by Crippen LogP contribution is 2.21. The van der Waals surface area contributed by atoms with Gasteiger partial charge in [0.05, 0.1) is 7.11 Å². The molecule has 1 saturated heterocycles. The summed E-state index contributed by atoms with van der Waals surface area (Å²) in [6.45, 7) is -0.0922. The van der Waals surface area contributed by atoms with E-state index in [1.54, 1.807) is 30.3 Å². The van der Waals surface area contributed by atoms with Crippen LogP contribution in [0.2, 0.25) is 0 Å². The summed E-state index contributed by atoms with van der Waals surface area (Å²) in [6, 6.07) is 9.54. The van der Waals surface area contributed by atoms with Gasteiger partial charge >= 0.3 is 11.9 Å². The number of hydroxylamine groups is 2. The number of rotatable bonds is 6. The third kappa shape index (κ3) is 4.32. The lowest BCUT2D eigenvalue weighted by atomic mass is 10.2. The predicted octanol–water partition coefficient (Wildman–Crippen LogP) is 1.23. The van der Waals surface area contributed by atoms with E-state index >= 15 is 0 Å². The molecule has 10 nitrogen and oxygen atoms in total. The Labute approximate surface area is 163 Å². The Kier molecular flexibility index (Phi) is 5.72.